The van der Waals surface area contributed by atoms with Crippen LogP contribution >= 0.6 is 15.9 Å². The van der Waals surface area contributed by atoms with Crippen molar-refractivity contribution in [3.05, 3.63) is 35.9 Å². The van der Waals surface area contributed by atoms with Crippen molar-refractivity contribution >= 4 is 57.9 Å². The molecule has 1 aliphatic rings. The van der Waals surface area contributed by atoms with Crippen LogP contribution in [0.15, 0.2) is 30.3 Å². The van der Waals surface area contributed by atoms with Crippen LogP contribution in [0.4, 0.5) is 4.79 Å². The molecule has 18 heteroatoms. The fourth-order valence-electron chi connectivity index (χ4n) is 3.43. The number of esters is 6. The maximum atomic E-state index is 12.9. The molecule has 0 amide bonds. The minimum absolute atomic E-state index is 0.0129. The van der Waals surface area contributed by atoms with E-state index in [4.69, 9.17) is 28.4 Å². The van der Waals surface area contributed by atoms with Crippen molar-refractivity contribution in [2.45, 2.75) is 79.0 Å². The van der Waals surface area contributed by atoms with Crippen molar-refractivity contribution < 1.29 is 81.7 Å². The number of halogens is 1. The number of carbonyl (C=O) groups is 7. The zero-order valence-electron chi connectivity index (χ0n) is 29.2. The van der Waals surface area contributed by atoms with Gasteiger partial charge in [-0.1, -0.05) is 46.3 Å². The molecule has 2 N–H and O–H groups in total. The van der Waals surface area contributed by atoms with E-state index in [1.54, 1.807) is 37.3 Å². The van der Waals surface area contributed by atoms with E-state index in [9.17, 15) is 43.8 Å². The van der Waals surface area contributed by atoms with Crippen LogP contribution in [0.1, 0.15) is 53.5 Å². The number of cyclic esters (lactones) is 2. The van der Waals surface area contributed by atoms with E-state index in [-0.39, 0.29) is 19.8 Å². The Hall–Kier alpha value is -4.29. The third kappa shape index (κ3) is 16.1. The molecular weight excluding hydrogens is 748 g/mol. The van der Waals surface area contributed by atoms with Gasteiger partial charge in [0.25, 0.3) is 0 Å². The average molecular weight is 794 g/mol. The number of alkyl halides is 1. The SMILES string of the molecule is CC(O)C(=O)OC(C)C(=O)OCC(C)(COC(=O)C(C)OC(=O)C(C)O)C(=O)OCc1ccccc1.CC1(C(=O)OCCCBr)COC(=O)OC1. The Kier molecular flexibility index (Phi) is 19.1. The summed E-state index contributed by atoms with van der Waals surface area (Å²) >= 11 is 3.23. The van der Waals surface area contributed by atoms with Crippen LogP contribution < -0.4 is 0 Å². The fraction of sp³-hybridized carbons (Fsp3) is 0.606. The van der Waals surface area contributed by atoms with Gasteiger partial charge in [0.1, 0.15) is 56.1 Å². The lowest BCUT2D eigenvalue weighted by Crippen LogP contribution is -2.44. The lowest BCUT2D eigenvalue weighted by atomic mass is 9.93. The van der Waals surface area contributed by atoms with Crippen molar-refractivity contribution in [1.82, 2.24) is 0 Å². The predicted molar refractivity (Wildman–Crippen MR) is 176 cm³/mol. The number of carbonyl (C=O) groups excluding carboxylic acids is 7. The second-order valence-electron chi connectivity index (χ2n) is 11.9. The van der Waals surface area contributed by atoms with Crippen LogP contribution in [-0.4, -0.2) is 115 Å². The number of hydrogen-bond acceptors (Lipinski definition) is 17. The van der Waals surface area contributed by atoms with Crippen molar-refractivity contribution in [2.75, 3.05) is 38.4 Å². The van der Waals surface area contributed by atoms with E-state index in [1.807, 2.05) is 0 Å². The maximum Gasteiger partial charge on any atom is 0.508 e. The second-order valence-corrected chi connectivity index (χ2v) is 12.7. The van der Waals surface area contributed by atoms with Gasteiger partial charge in [-0.2, -0.15) is 0 Å². The van der Waals surface area contributed by atoms with Crippen LogP contribution in [0.25, 0.3) is 0 Å². The summed E-state index contributed by atoms with van der Waals surface area (Å²) in [5.41, 5.74) is -1.89. The minimum Gasteiger partial charge on any atom is -0.465 e. The van der Waals surface area contributed by atoms with Crippen molar-refractivity contribution in [2.24, 2.45) is 10.8 Å². The molecule has 0 radical (unpaired) electrons. The smallest absolute Gasteiger partial charge is 0.465 e. The molecule has 1 aromatic carbocycles. The highest BCUT2D eigenvalue weighted by atomic mass is 79.9. The third-order valence-corrected chi connectivity index (χ3v) is 7.29. The van der Waals surface area contributed by atoms with Gasteiger partial charge in [0.05, 0.1) is 6.61 Å². The summed E-state index contributed by atoms with van der Waals surface area (Å²) in [4.78, 5) is 82.6. The molecule has 0 aliphatic carbocycles. The topological polar surface area (TPSA) is 234 Å². The number of ether oxygens (including phenoxy) is 8. The van der Waals surface area contributed by atoms with Gasteiger partial charge in [-0.25, -0.2) is 24.0 Å². The Labute approximate surface area is 303 Å². The first-order valence-corrected chi connectivity index (χ1v) is 16.8. The fourth-order valence-corrected chi connectivity index (χ4v) is 3.65. The lowest BCUT2D eigenvalue weighted by molar-refractivity contribution is -0.183. The zero-order chi connectivity index (χ0) is 38.8. The normalized spacial score (nSPS) is 16.7. The first-order chi connectivity index (χ1) is 23.8. The van der Waals surface area contributed by atoms with Crippen LogP contribution in [0.3, 0.4) is 0 Å². The first kappa shape index (κ1) is 44.7. The molecule has 2 rings (SSSR count). The van der Waals surface area contributed by atoms with Gasteiger partial charge in [0.15, 0.2) is 12.2 Å². The first-order valence-electron chi connectivity index (χ1n) is 15.7. The van der Waals surface area contributed by atoms with Gasteiger partial charge < -0.3 is 48.1 Å². The van der Waals surface area contributed by atoms with Gasteiger partial charge in [-0.15, -0.1) is 0 Å². The highest BCUT2D eigenvalue weighted by molar-refractivity contribution is 9.09. The summed E-state index contributed by atoms with van der Waals surface area (Å²) in [6.45, 7) is 6.75. The van der Waals surface area contributed by atoms with Crippen molar-refractivity contribution in [3.8, 4) is 0 Å². The van der Waals surface area contributed by atoms with Crippen molar-refractivity contribution in [3.63, 3.8) is 0 Å². The van der Waals surface area contributed by atoms with E-state index in [1.165, 1.54) is 20.8 Å². The van der Waals surface area contributed by atoms with Crippen LogP contribution in [0, 0.1) is 10.8 Å². The van der Waals surface area contributed by atoms with E-state index in [0.29, 0.717) is 12.2 Å². The molecule has 51 heavy (non-hydrogen) atoms. The molecule has 1 aromatic rings. The van der Waals surface area contributed by atoms with E-state index in [0.717, 1.165) is 25.6 Å². The monoisotopic (exact) mass is 792 g/mol. The Morgan fingerprint density at radius 1 is 0.804 bits per heavy atom. The molecule has 17 nitrogen and oxygen atoms in total. The molecule has 1 heterocycles. The molecule has 1 fully saturated rings. The van der Waals surface area contributed by atoms with Gasteiger partial charge in [0, 0.05) is 5.33 Å². The standard InChI is InChI=1S/C24H32O12.C9H13BrO5/c1-14(25)19(27)35-16(3)21(29)33-12-24(5,23(31)32-11-18-9-7-6-8-10-18)13-34-22(30)17(4)36-20(28)15(2)26;1-9(5-14-8(12)15-6-9)7(11)13-4-2-3-10/h6-10,14-17,25-26H,11-13H2,1-5H3;2-6H2,1H3. The zero-order valence-corrected chi connectivity index (χ0v) is 30.8. The van der Waals surface area contributed by atoms with E-state index < -0.39 is 90.4 Å². The summed E-state index contributed by atoms with van der Waals surface area (Å²) in [6, 6.07) is 8.73. The van der Waals surface area contributed by atoms with Gasteiger partial charge >= 0.3 is 42.0 Å². The summed E-state index contributed by atoms with van der Waals surface area (Å²) in [5.74, 6) is -5.38. The summed E-state index contributed by atoms with van der Waals surface area (Å²) in [6.07, 6.45) is -5.67. The molecular formula is C33H45BrO17. The average Bonchev–Trinajstić information content (AvgIpc) is 3.10. The summed E-state index contributed by atoms with van der Waals surface area (Å²) < 4.78 is 39.4. The second kappa shape index (κ2) is 21.8. The van der Waals surface area contributed by atoms with Crippen LogP contribution in [0.2, 0.25) is 0 Å². The Morgan fingerprint density at radius 3 is 1.71 bits per heavy atom. The molecule has 286 valence electrons. The predicted octanol–water partition coefficient (Wildman–Crippen LogP) is 1.94. The summed E-state index contributed by atoms with van der Waals surface area (Å²) in [7, 11) is 0. The number of rotatable bonds is 17. The molecule has 0 spiro atoms. The highest BCUT2D eigenvalue weighted by Crippen LogP contribution is 2.24. The quantitative estimate of drug-likeness (QED) is 0.0993. The number of aliphatic hydroxyl groups excluding tert-OH is 2. The van der Waals surface area contributed by atoms with Crippen molar-refractivity contribution in [1.29, 1.82) is 0 Å². The molecule has 0 aromatic heterocycles. The molecule has 0 bridgehead atoms. The molecule has 4 atom stereocenters. The highest BCUT2D eigenvalue weighted by Gasteiger charge is 2.42. The van der Waals surface area contributed by atoms with E-state index in [2.05, 4.69) is 25.4 Å². The minimum atomic E-state index is -1.69. The molecule has 4 unspecified atom stereocenters. The Bertz CT molecular complexity index is 1280. The summed E-state index contributed by atoms with van der Waals surface area (Å²) in [5, 5.41) is 19.2. The molecule has 0 saturated carbocycles. The number of hydrogen-bond donors (Lipinski definition) is 2. The molecule has 1 aliphatic heterocycles. The van der Waals surface area contributed by atoms with E-state index >= 15 is 0 Å². The number of benzene rings is 1. The molecule has 1 saturated heterocycles. The van der Waals surface area contributed by atoms with Crippen LogP contribution in [-0.2, 0) is 73.3 Å². The number of aliphatic hydroxyl groups is 2. The maximum absolute atomic E-state index is 12.9. The van der Waals surface area contributed by atoms with Gasteiger partial charge in [-0.05, 0) is 53.5 Å². The lowest BCUT2D eigenvalue weighted by Gasteiger charge is -2.29. The van der Waals surface area contributed by atoms with Gasteiger partial charge in [0.2, 0.25) is 0 Å². The van der Waals surface area contributed by atoms with Gasteiger partial charge in [-0.3, -0.25) is 9.59 Å². The largest absolute Gasteiger partial charge is 0.508 e. The third-order valence-electron chi connectivity index (χ3n) is 6.72. The van der Waals surface area contributed by atoms with Crippen LogP contribution in [0.5, 0.6) is 0 Å². The Morgan fingerprint density at radius 2 is 1.27 bits per heavy atom. The Balaban J connectivity index is 0.000000718.